The van der Waals surface area contributed by atoms with Gasteiger partial charge in [-0.15, -0.1) is 0 Å². The first kappa shape index (κ1) is 16.4. The molecule has 0 aliphatic rings. The van der Waals surface area contributed by atoms with Gasteiger partial charge in [0.2, 0.25) is 5.91 Å². The molecule has 2 amide bonds. The third-order valence-electron chi connectivity index (χ3n) is 2.43. The lowest BCUT2D eigenvalue weighted by molar-refractivity contribution is -0.131. The average Bonchev–Trinajstić information content (AvgIpc) is 2.42. The van der Waals surface area contributed by atoms with E-state index in [4.69, 9.17) is 5.11 Å². The number of carboxylic acids is 1. The quantitative estimate of drug-likeness (QED) is 0.682. The van der Waals surface area contributed by atoms with Crippen LogP contribution in [0.3, 0.4) is 0 Å². The lowest BCUT2D eigenvalue weighted by Crippen LogP contribution is -2.39. The highest BCUT2D eigenvalue weighted by Crippen LogP contribution is 2.07. The predicted molar refractivity (Wildman–Crippen MR) is 78.7 cm³/mol. The van der Waals surface area contributed by atoms with Crippen LogP contribution >= 0.6 is 0 Å². The van der Waals surface area contributed by atoms with Crippen molar-refractivity contribution in [3.8, 4) is 0 Å². The van der Waals surface area contributed by atoms with Gasteiger partial charge in [-0.2, -0.15) is 0 Å². The van der Waals surface area contributed by atoms with Crippen LogP contribution in [0.1, 0.15) is 29.8 Å². The lowest BCUT2D eigenvalue weighted by Gasteiger charge is -2.09. The first-order valence-electron chi connectivity index (χ1n) is 6.47. The van der Waals surface area contributed by atoms with E-state index in [-0.39, 0.29) is 24.4 Å². The number of carbonyl (C=O) groups excluding carboxylic acids is 2. The minimum atomic E-state index is -1.06. The summed E-state index contributed by atoms with van der Waals surface area (Å²) in [5, 5.41) is 13.7. The Balaban J connectivity index is 2.64. The Labute approximate surface area is 122 Å². The highest BCUT2D eigenvalue weighted by molar-refractivity contribution is 5.97. The van der Waals surface area contributed by atoms with Gasteiger partial charge in [0.15, 0.2) is 0 Å². The normalized spacial score (nSPS) is 10.6. The van der Waals surface area contributed by atoms with E-state index in [0.29, 0.717) is 11.1 Å². The van der Waals surface area contributed by atoms with Crippen LogP contribution < -0.4 is 10.6 Å². The molecule has 0 unspecified atom stereocenters. The number of carbonyl (C=O) groups is 3. The van der Waals surface area contributed by atoms with Crippen molar-refractivity contribution in [2.45, 2.75) is 19.9 Å². The van der Waals surface area contributed by atoms with Crippen LogP contribution in [0.4, 0.5) is 0 Å². The van der Waals surface area contributed by atoms with Gasteiger partial charge in [0, 0.05) is 17.7 Å². The van der Waals surface area contributed by atoms with E-state index in [1.165, 1.54) is 6.08 Å². The fourth-order valence-corrected chi connectivity index (χ4v) is 1.59. The zero-order valence-corrected chi connectivity index (χ0v) is 11.9. The lowest BCUT2D eigenvalue weighted by atomic mass is 10.1. The molecule has 0 spiro atoms. The molecule has 21 heavy (non-hydrogen) atoms. The number of benzene rings is 1. The summed E-state index contributed by atoms with van der Waals surface area (Å²) in [6.07, 6.45) is 2.39. The second kappa shape index (κ2) is 7.84. The number of carboxylic acid groups (broad SMARTS) is 1. The number of nitrogens with one attached hydrogen (secondary N) is 2. The summed E-state index contributed by atoms with van der Waals surface area (Å²) in [5.41, 5.74) is 0.955. The van der Waals surface area contributed by atoms with Gasteiger partial charge in [-0.05, 0) is 37.6 Å². The number of amides is 2. The maximum atomic E-state index is 11.9. The van der Waals surface area contributed by atoms with Gasteiger partial charge < -0.3 is 15.7 Å². The molecular weight excluding hydrogens is 272 g/mol. The van der Waals surface area contributed by atoms with Crippen LogP contribution in [0, 0.1) is 0 Å². The molecule has 0 saturated heterocycles. The Bertz CT molecular complexity index is 565. The third-order valence-corrected chi connectivity index (χ3v) is 2.43. The summed E-state index contributed by atoms with van der Waals surface area (Å²) >= 11 is 0. The maximum Gasteiger partial charge on any atom is 0.328 e. The molecule has 6 nitrogen and oxygen atoms in total. The Morgan fingerprint density at radius 1 is 1.29 bits per heavy atom. The van der Waals surface area contributed by atoms with Gasteiger partial charge in [-0.3, -0.25) is 9.59 Å². The van der Waals surface area contributed by atoms with Crippen molar-refractivity contribution in [2.75, 3.05) is 6.54 Å². The number of hydrogen-bond donors (Lipinski definition) is 3. The molecule has 1 aromatic rings. The maximum absolute atomic E-state index is 11.9. The molecule has 0 heterocycles. The Kier molecular flexibility index (Phi) is 6.13. The molecule has 112 valence electrons. The van der Waals surface area contributed by atoms with E-state index in [2.05, 4.69) is 10.6 Å². The summed E-state index contributed by atoms with van der Waals surface area (Å²) in [4.78, 5) is 33.8. The molecule has 0 radical (unpaired) electrons. The highest BCUT2D eigenvalue weighted by Gasteiger charge is 2.08. The molecule has 0 saturated carbocycles. The largest absolute Gasteiger partial charge is 0.478 e. The number of hydrogen-bond acceptors (Lipinski definition) is 3. The summed E-state index contributed by atoms with van der Waals surface area (Å²) < 4.78 is 0. The summed E-state index contributed by atoms with van der Waals surface area (Å²) in [5.74, 6) is -1.71. The molecule has 3 N–H and O–H groups in total. The van der Waals surface area contributed by atoms with Crippen LogP contribution in [0.25, 0.3) is 6.08 Å². The smallest absolute Gasteiger partial charge is 0.328 e. The predicted octanol–water partition coefficient (Wildman–Crippen LogP) is 1.04. The molecule has 0 aromatic heterocycles. The van der Waals surface area contributed by atoms with Gasteiger partial charge in [0.05, 0.1) is 6.54 Å². The second-order valence-electron chi connectivity index (χ2n) is 4.70. The van der Waals surface area contributed by atoms with E-state index in [0.717, 1.165) is 6.08 Å². The minimum Gasteiger partial charge on any atom is -0.478 e. The molecule has 1 rings (SSSR count). The first-order valence-corrected chi connectivity index (χ1v) is 6.47. The molecule has 0 bridgehead atoms. The summed E-state index contributed by atoms with van der Waals surface area (Å²) in [7, 11) is 0. The van der Waals surface area contributed by atoms with Crippen molar-refractivity contribution in [1.29, 1.82) is 0 Å². The molecule has 6 heteroatoms. The van der Waals surface area contributed by atoms with Gasteiger partial charge in [-0.25, -0.2) is 4.79 Å². The van der Waals surface area contributed by atoms with E-state index in [9.17, 15) is 14.4 Å². The monoisotopic (exact) mass is 290 g/mol. The van der Waals surface area contributed by atoms with Crippen molar-refractivity contribution >= 4 is 23.9 Å². The number of aliphatic carboxylic acids is 1. The topological polar surface area (TPSA) is 95.5 Å². The van der Waals surface area contributed by atoms with Crippen LogP contribution in [0.5, 0.6) is 0 Å². The van der Waals surface area contributed by atoms with Crippen molar-refractivity contribution in [1.82, 2.24) is 10.6 Å². The van der Waals surface area contributed by atoms with E-state index >= 15 is 0 Å². The molecular formula is C15H18N2O4. The highest BCUT2D eigenvalue weighted by atomic mass is 16.4. The molecule has 0 aliphatic carbocycles. The van der Waals surface area contributed by atoms with Crippen LogP contribution in [0.15, 0.2) is 30.3 Å². The van der Waals surface area contributed by atoms with E-state index in [1.807, 2.05) is 13.8 Å². The summed E-state index contributed by atoms with van der Waals surface area (Å²) in [6, 6.07) is 6.48. The summed E-state index contributed by atoms with van der Waals surface area (Å²) in [6.45, 7) is 3.56. The average molecular weight is 290 g/mol. The molecule has 0 aliphatic heterocycles. The zero-order valence-electron chi connectivity index (χ0n) is 11.9. The Hall–Kier alpha value is -2.63. The van der Waals surface area contributed by atoms with Gasteiger partial charge in [-0.1, -0.05) is 12.1 Å². The van der Waals surface area contributed by atoms with Gasteiger partial charge in [0.1, 0.15) is 0 Å². The van der Waals surface area contributed by atoms with Crippen molar-refractivity contribution < 1.29 is 19.5 Å². The third kappa shape index (κ3) is 6.38. The van der Waals surface area contributed by atoms with Crippen molar-refractivity contribution in [3.05, 3.63) is 41.5 Å². The van der Waals surface area contributed by atoms with Gasteiger partial charge in [0.25, 0.3) is 5.91 Å². The zero-order chi connectivity index (χ0) is 15.8. The number of rotatable bonds is 6. The second-order valence-corrected chi connectivity index (χ2v) is 4.70. The fraction of sp³-hybridized carbons (Fsp3) is 0.267. The van der Waals surface area contributed by atoms with Crippen LogP contribution in [0.2, 0.25) is 0 Å². The first-order chi connectivity index (χ1) is 9.88. The SMILES string of the molecule is CC(C)NC(=O)CNC(=O)c1cccc(C=CC(=O)O)c1. The molecule has 1 aromatic carbocycles. The Morgan fingerprint density at radius 2 is 2.00 bits per heavy atom. The van der Waals surface area contributed by atoms with E-state index < -0.39 is 5.97 Å². The van der Waals surface area contributed by atoms with Crippen LogP contribution in [-0.2, 0) is 9.59 Å². The van der Waals surface area contributed by atoms with E-state index in [1.54, 1.807) is 24.3 Å². The molecule has 0 atom stereocenters. The van der Waals surface area contributed by atoms with Crippen LogP contribution in [-0.4, -0.2) is 35.5 Å². The Morgan fingerprint density at radius 3 is 2.62 bits per heavy atom. The van der Waals surface area contributed by atoms with Crippen molar-refractivity contribution in [2.24, 2.45) is 0 Å². The standard InChI is InChI=1S/C15H18N2O4/c1-10(2)17-13(18)9-16-15(21)12-5-3-4-11(8-12)6-7-14(19)20/h3-8,10H,9H2,1-2H3,(H,16,21)(H,17,18)(H,19,20). The molecule has 0 fully saturated rings. The van der Waals surface area contributed by atoms with Crippen molar-refractivity contribution in [3.63, 3.8) is 0 Å². The minimum absolute atomic E-state index is 0.0129. The fourth-order valence-electron chi connectivity index (χ4n) is 1.59. The van der Waals surface area contributed by atoms with Gasteiger partial charge >= 0.3 is 5.97 Å².